The van der Waals surface area contributed by atoms with Gasteiger partial charge in [0.2, 0.25) is 15.9 Å². The monoisotopic (exact) mass is 559 g/mol. The van der Waals surface area contributed by atoms with Crippen LogP contribution in [0.15, 0.2) is 82.6 Å². The number of hydrogen-bond donors (Lipinski definition) is 1. The van der Waals surface area contributed by atoms with E-state index in [4.69, 9.17) is 9.47 Å². The first-order valence-corrected chi connectivity index (χ1v) is 14.7. The number of amides is 1. The van der Waals surface area contributed by atoms with Crippen LogP contribution in [0.2, 0.25) is 0 Å². The van der Waals surface area contributed by atoms with Gasteiger partial charge in [0.25, 0.3) is 10.0 Å². The molecular weight excluding hydrogens is 530 g/mol. The third-order valence-corrected chi connectivity index (χ3v) is 9.72. The molecule has 1 saturated heterocycles. The zero-order valence-electron chi connectivity index (χ0n) is 21.0. The molecule has 1 fully saturated rings. The molecule has 1 aliphatic rings. The van der Waals surface area contributed by atoms with Gasteiger partial charge in [-0.1, -0.05) is 36.4 Å². The van der Waals surface area contributed by atoms with E-state index in [-0.39, 0.29) is 34.3 Å². The maximum absolute atomic E-state index is 13.6. The summed E-state index contributed by atoms with van der Waals surface area (Å²) in [7, 11) is -6.55. The van der Waals surface area contributed by atoms with Gasteiger partial charge in [-0.15, -0.1) is 0 Å². The molecular formula is C26H29N3O7S2. The van der Waals surface area contributed by atoms with Crippen molar-refractivity contribution in [3.63, 3.8) is 0 Å². The van der Waals surface area contributed by atoms with E-state index in [9.17, 15) is 21.6 Å². The summed E-state index contributed by atoms with van der Waals surface area (Å²) in [6, 6.07) is 18.8. The van der Waals surface area contributed by atoms with E-state index in [2.05, 4.69) is 5.32 Å². The van der Waals surface area contributed by atoms with Gasteiger partial charge in [-0.2, -0.15) is 4.31 Å². The minimum atomic E-state index is -4.10. The Hall–Kier alpha value is -3.45. The van der Waals surface area contributed by atoms with Crippen LogP contribution in [0.3, 0.4) is 0 Å². The van der Waals surface area contributed by atoms with Crippen LogP contribution < -0.4 is 14.4 Å². The van der Waals surface area contributed by atoms with Gasteiger partial charge in [0.05, 0.1) is 41.5 Å². The Morgan fingerprint density at radius 3 is 2.26 bits per heavy atom. The standard InChI is InChI=1S/C26H29N3O7S2/c1-20-8-6-7-11-24(20)29(38(33,34)21-9-4-3-5-10-21)19-26(30)27-23-18-22(12-13-25(23)35-2)37(31,32)28-14-16-36-17-15-28/h3-13,18H,14-17,19H2,1-2H3,(H,27,30). The highest BCUT2D eigenvalue weighted by Crippen LogP contribution is 2.30. The van der Waals surface area contributed by atoms with Gasteiger partial charge >= 0.3 is 0 Å². The molecule has 12 heteroatoms. The van der Waals surface area contributed by atoms with Crippen LogP contribution in [0.5, 0.6) is 5.75 Å². The fourth-order valence-electron chi connectivity index (χ4n) is 4.06. The smallest absolute Gasteiger partial charge is 0.264 e. The minimum absolute atomic E-state index is 0.0248. The van der Waals surface area contributed by atoms with Crippen LogP contribution >= 0.6 is 0 Å². The number of sulfonamides is 2. The SMILES string of the molecule is COc1ccc(S(=O)(=O)N2CCOCC2)cc1NC(=O)CN(c1ccccc1C)S(=O)(=O)c1ccccc1. The Morgan fingerprint density at radius 2 is 1.61 bits per heavy atom. The quantitative estimate of drug-likeness (QED) is 0.428. The van der Waals surface area contributed by atoms with Gasteiger partial charge in [-0.05, 0) is 48.9 Å². The van der Waals surface area contributed by atoms with Crippen molar-refractivity contribution in [1.29, 1.82) is 0 Å². The fraction of sp³-hybridized carbons (Fsp3) is 0.269. The lowest BCUT2D eigenvalue weighted by Gasteiger charge is -2.27. The number of morpholine rings is 1. The summed E-state index contributed by atoms with van der Waals surface area (Å²) in [6.07, 6.45) is 0. The van der Waals surface area contributed by atoms with Crippen molar-refractivity contribution in [3.8, 4) is 5.75 Å². The first kappa shape index (κ1) is 27.6. The Morgan fingerprint density at radius 1 is 0.947 bits per heavy atom. The molecule has 0 radical (unpaired) electrons. The van der Waals surface area contributed by atoms with Crippen molar-refractivity contribution in [2.75, 3.05) is 49.6 Å². The summed E-state index contributed by atoms with van der Waals surface area (Å²) in [5.41, 5.74) is 1.12. The summed E-state index contributed by atoms with van der Waals surface area (Å²) in [4.78, 5) is 13.3. The molecule has 0 unspecified atom stereocenters. The second kappa shape index (κ2) is 11.5. The molecule has 0 saturated carbocycles. The van der Waals surface area contributed by atoms with Crippen LogP contribution in [0, 0.1) is 6.92 Å². The van der Waals surface area contributed by atoms with E-state index in [1.54, 1.807) is 49.4 Å². The third kappa shape index (κ3) is 5.83. The summed E-state index contributed by atoms with van der Waals surface area (Å²) >= 11 is 0. The normalized spacial score (nSPS) is 14.6. The molecule has 38 heavy (non-hydrogen) atoms. The molecule has 202 valence electrons. The van der Waals surface area contributed by atoms with Crippen LogP contribution in [-0.2, 0) is 29.6 Å². The molecule has 0 aliphatic carbocycles. The van der Waals surface area contributed by atoms with Gasteiger partial charge in [0.15, 0.2) is 0 Å². The number of carbonyl (C=O) groups excluding carboxylic acids is 1. The van der Waals surface area contributed by atoms with Gasteiger partial charge in [-0.25, -0.2) is 16.8 Å². The predicted molar refractivity (Wildman–Crippen MR) is 143 cm³/mol. The first-order chi connectivity index (χ1) is 18.1. The summed E-state index contributed by atoms with van der Waals surface area (Å²) < 4.78 is 66.4. The predicted octanol–water partition coefficient (Wildman–Crippen LogP) is 2.86. The Kier molecular flexibility index (Phi) is 8.36. The number of methoxy groups -OCH3 is 1. The van der Waals surface area contributed by atoms with E-state index in [0.29, 0.717) is 24.5 Å². The van der Waals surface area contributed by atoms with E-state index in [1.807, 2.05) is 0 Å². The molecule has 1 N–H and O–H groups in total. The molecule has 4 rings (SSSR count). The lowest BCUT2D eigenvalue weighted by atomic mass is 10.2. The number of rotatable bonds is 9. The minimum Gasteiger partial charge on any atom is -0.495 e. The highest BCUT2D eigenvalue weighted by atomic mass is 32.2. The van der Waals surface area contributed by atoms with E-state index >= 15 is 0 Å². The lowest BCUT2D eigenvalue weighted by molar-refractivity contribution is -0.114. The zero-order valence-corrected chi connectivity index (χ0v) is 22.7. The number of para-hydroxylation sites is 1. The topological polar surface area (TPSA) is 122 Å². The molecule has 0 bridgehead atoms. The Bertz CT molecular complexity index is 1500. The highest BCUT2D eigenvalue weighted by molar-refractivity contribution is 7.92. The van der Waals surface area contributed by atoms with Crippen molar-refractivity contribution in [2.24, 2.45) is 0 Å². The average Bonchev–Trinajstić information content (AvgIpc) is 2.93. The molecule has 1 amide bonds. The van der Waals surface area contributed by atoms with E-state index in [0.717, 1.165) is 4.31 Å². The number of hydrogen-bond acceptors (Lipinski definition) is 7. The maximum Gasteiger partial charge on any atom is 0.264 e. The zero-order chi connectivity index (χ0) is 27.3. The first-order valence-electron chi connectivity index (χ1n) is 11.8. The summed E-state index contributed by atoms with van der Waals surface area (Å²) in [5.74, 6) is -0.445. The molecule has 0 aromatic heterocycles. The number of nitrogens with one attached hydrogen (secondary N) is 1. The number of ether oxygens (including phenoxy) is 2. The van der Waals surface area contributed by atoms with Crippen LogP contribution in [0.4, 0.5) is 11.4 Å². The van der Waals surface area contributed by atoms with Crippen LogP contribution in [-0.4, -0.2) is 67.0 Å². The van der Waals surface area contributed by atoms with Crippen molar-refractivity contribution in [3.05, 3.63) is 78.4 Å². The third-order valence-electron chi connectivity index (χ3n) is 6.06. The van der Waals surface area contributed by atoms with Gasteiger partial charge in [0, 0.05) is 13.1 Å². The van der Waals surface area contributed by atoms with E-state index in [1.165, 1.54) is 41.7 Å². The summed E-state index contributed by atoms with van der Waals surface area (Å²) in [5, 5.41) is 2.64. The number of aryl methyl sites for hydroxylation is 1. The van der Waals surface area contributed by atoms with Gasteiger partial charge in [-0.3, -0.25) is 9.10 Å². The molecule has 0 atom stereocenters. The second-order valence-corrected chi connectivity index (χ2v) is 12.3. The van der Waals surface area contributed by atoms with E-state index < -0.39 is 32.5 Å². The number of carbonyl (C=O) groups is 1. The highest BCUT2D eigenvalue weighted by Gasteiger charge is 2.30. The number of nitrogens with zero attached hydrogens (tertiary/aromatic N) is 2. The lowest BCUT2D eigenvalue weighted by Crippen LogP contribution is -2.40. The maximum atomic E-state index is 13.6. The molecule has 0 spiro atoms. The van der Waals surface area contributed by atoms with Gasteiger partial charge in [0.1, 0.15) is 12.3 Å². The molecule has 1 heterocycles. The molecule has 1 aliphatic heterocycles. The molecule has 3 aromatic rings. The van der Waals surface area contributed by atoms with Crippen LogP contribution in [0.1, 0.15) is 5.56 Å². The summed E-state index contributed by atoms with van der Waals surface area (Å²) in [6.45, 7) is 2.24. The Labute approximate surface area is 222 Å². The van der Waals surface area contributed by atoms with Crippen molar-refractivity contribution < 1.29 is 31.1 Å². The molecule has 10 nitrogen and oxygen atoms in total. The van der Waals surface area contributed by atoms with Crippen LogP contribution in [0.25, 0.3) is 0 Å². The number of benzene rings is 3. The van der Waals surface area contributed by atoms with Crippen molar-refractivity contribution in [2.45, 2.75) is 16.7 Å². The molecule has 3 aromatic carbocycles. The Balaban J connectivity index is 1.65. The number of anilines is 2. The van der Waals surface area contributed by atoms with Crippen molar-refractivity contribution >= 4 is 37.3 Å². The van der Waals surface area contributed by atoms with Crippen molar-refractivity contribution in [1.82, 2.24) is 4.31 Å². The largest absolute Gasteiger partial charge is 0.495 e. The fourth-order valence-corrected chi connectivity index (χ4v) is 7.01. The van der Waals surface area contributed by atoms with Gasteiger partial charge < -0.3 is 14.8 Å². The average molecular weight is 560 g/mol. The second-order valence-electron chi connectivity index (χ2n) is 8.54.